The maximum atomic E-state index is 12.9. The summed E-state index contributed by atoms with van der Waals surface area (Å²) in [6.07, 6.45) is 1.74. The van der Waals surface area contributed by atoms with Crippen molar-refractivity contribution in [2.45, 2.75) is 25.8 Å². The van der Waals surface area contributed by atoms with Crippen LogP contribution < -0.4 is 10.2 Å². The molecule has 0 aliphatic carbocycles. The predicted molar refractivity (Wildman–Crippen MR) is 147 cm³/mol. The molecule has 2 aliphatic heterocycles. The summed E-state index contributed by atoms with van der Waals surface area (Å²) in [5.41, 5.74) is 3.24. The highest BCUT2D eigenvalue weighted by Crippen LogP contribution is 2.27. The Kier molecular flexibility index (Phi) is 8.14. The van der Waals surface area contributed by atoms with Crippen LogP contribution >= 0.6 is 22.9 Å². The zero-order valence-corrected chi connectivity index (χ0v) is 22.5. The van der Waals surface area contributed by atoms with Crippen LogP contribution in [0.5, 0.6) is 0 Å². The van der Waals surface area contributed by atoms with Crippen molar-refractivity contribution < 1.29 is 9.59 Å². The summed E-state index contributed by atoms with van der Waals surface area (Å²) in [4.78, 5) is 32.1. The van der Waals surface area contributed by atoms with Crippen molar-refractivity contribution in [3.05, 3.63) is 69.7 Å². The van der Waals surface area contributed by atoms with Crippen LogP contribution in [-0.2, 0) is 29.0 Å². The molecule has 5 rings (SSSR count). The highest BCUT2D eigenvalue weighted by molar-refractivity contribution is 7.15. The first-order valence-electron chi connectivity index (χ1n) is 12.6. The Bertz CT molecular complexity index is 1220. The molecule has 1 unspecified atom stereocenters. The number of hydrogen-bond acceptors (Lipinski definition) is 7. The number of anilines is 2. The van der Waals surface area contributed by atoms with E-state index in [1.807, 2.05) is 36.4 Å². The Morgan fingerprint density at radius 1 is 1.00 bits per heavy atom. The van der Waals surface area contributed by atoms with Crippen molar-refractivity contribution >= 4 is 45.6 Å². The van der Waals surface area contributed by atoms with Gasteiger partial charge in [-0.1, -0.05) is 47.2 Å². The van der Waals surface area contributed by atoms with Crippen LogP contribution in [0.3, 0.4) is 0 Å². The van der Waals surface area contributed by atoms with Crippen LogP contribution in [-0.4, -0.2) is 71.6 Å². The van der Waals surface area contributed by atoms with Crippen LogP contribution in [0.1, 0.15) is 22.6 Å². The Morgan fingerprint density at radius 3 is 2.43 bits per heavy atom. The second kappa shape index (κ2) is 11.7. The summed E-state index contributed by atoms with van der Waals surface area (Å²) < 4.78 is 0. The highest BCUT2D eigenvalue weighted by Gasteiger charge is 2.35. The third-order valence-electron chi connectivity index (χ3n) is 6.98. The Balaban J connectivity index is 1.12. The Labute approximate surface area is 226 Å². The third-order valence-corrected chi connectivity index (χ3v) is 8.13. The number of halogens is 1. The van der Waals surface area contributed by atoms with E-state index in [1.54, 1.807) is 4.90 Å². The molecule has 1 N–H and O–H groups in total. The number of aromatic nitrogens is 2. The number of nitrogens with zero attached hydrogens (tertiary/aromatic N) is 5. The average molecular weight is 539 g/mol. The van der Waals surface area contributed by atoms with E-state index in [1.165, 1.54) is 22.5 Å². The fourth-order valence-corrected chi connectivity index (χ4v) is 5.56. The normalized spacial score (nSPS) is 18.9. The van der Waals surface area contributed by atoms with Crippen molar-refractivity contribution in [1.82, 2.24) is 20.0 Å². The molecule has 1 aromatic heterocycles. The monoisotopic (exact) mass is 538 g/mol. The van der Waals surface area contributed by atoms with E-state index < -0.39 is 5.92 Å². The lowest BCUT2D eigenvalue weighted by atomic mass is 10.1. The van der Waals surface area contributed by atoms with Crippen molar-refractivity contribution in [1.29, 1.82) is 0 Å². The fraction of sp³-hybridized carbons (Fsp3) is 0.407. The van der Waals surface area contributed by atoms with Gasteiger partial charge in [0.25, 0.3) is 0 Å². The van der Waals surface area contributed by atoms with Gasteiger partial charge in [-0.2, -0.15) is 0 Å². The molecule has 2 aliphatic rings. The number of nitrogens with one attached hydrogen (secondary N) is 1. The van der Waals surface area contributed by atoms with Crippen LogP contribution in [0, 0.1) is 5.92 Å². The van der Waals surface area contributed by atoms with Crippen molar-refractivity contribution in [2.24, 2.45) is 5.92 Å². The molecule has 0 saturated carbocycles. The summed E-state index contributed by atoms with van der Waals surface area (Å²) in [5, 5.41) is 13.2. The molecule has 2 fully saturated rings. The van der Waals surface area contributed by atoms with Gasteiger partial charge in [0.2, 0.25) is 16.9 Å². The maximum Gasteiger partial charge on any atom is 0.231 e. The number of likely N-dealkylation sites (N-methyl/N-ethyl adjacent to an activating group) is 1. The molecule has 2 amide bonds. The minimum absolute atomic E-state index is 0.0344. The van der Waals surface area contributed by atoms with E-state index in [4.69, 9.17) is 11.6 Å². The first-order valence-corrected chi connectivity index (χ1v) is 13.8. The standard InChI is InChI=1S/C27H31ClN6O2S/c1-32-12-14-33(15-13-32)17-20-4-9-23(10-5-20)34-18-21(16-25(34)35)26(36)29-27-31-30-24(37-27)11-6-19-2-7-22(28)8-3-19/h2-5,7-10,21H,6,11-18H2,1H3,(H,29,31,36). The number of piperazine rings is 1. The summed E-state index contributed by atoms with van der Waals surface area (Å²) in [7, 11) is 2.15. The number of rotatable bonds is 8. The summed E-state index contributed by atoms with van der Waals surface area (Å²) in [6.45, 7) is 5.59. The van der Waals surface area contributed by atoms with E-state index in [9.17, 15) is 9.59 Å². The first kappa shape index (κ1) is 25.8. The number of carbonyl (C=O) groups is 2. The zero-order valence-electron chi connectivity index (χ0n) is 20.9. The number of benzene rings is 2. The van der Waals surface area contributed by atoms with Gasteiger partial charge in [-0.15, -0.1) is 10.2 Å². The summed E-state index contributed by atoms with van der Waals surface area (Å²) >= 11 is 7.31. The van der Waals surface area contributed by atoms with Gasteiger partial charge in [0, 0.05) is 62.8 Å². The lowest BCUT2D eigenvalue weighted by Crippen LogP contribution is -2.43. The number of carbonyl (C=O) groups excluding carboxylic acids is 2. The van der Waals surface area contributed by atoms with Crippen LogP contribution in [0.25, 0.3) is 0 Å². The molecule has 10 heteroatoms. The molecular formula is C27H31ClN6O2S. The average Bonchev–Trinajstić information content (AvgIpc) is 3.52. The zero-order chi connectivity index (χ0) is 25.8. The van der Waals surface area contributed by atoms with Crippen molar-refractivity contribution in [3.63, 3.8) is 0 Å². The molecule has 1 atom stereocenters. The number of hydrogen-bond donors (Lipinski definition) is 1. The third kappa shape index (κ3) is 6.73. The number of amides is 2. The Hall–Kier alpha value is -2.85. The second-order valence-electron chi connectivity index (χ2n) is 9.77. The van der Waals surface area contributed by atoms with E-state index in [2.05, 4.69) is 44.5 Å². The topological polar surface area (TPSA) is 81.7 Å². The van der Waals surface area contributed by atoms with Gasteiger partial charge in [-0.25, -0.2) is 0 Å². The minimum Gasteiger partial charge on any atom is -0.312 e. The second-order valence-corrected chi connectivity index (χ2v) is 11.3. The molecule has 194 valence electrons. The SMILES string of the molecule is CN1CCN(Cc2ccc(N3CC(C(=O)Nc4nnc(CCc5ccc(Cl)cc5)s4)CC3=O)cc2)CC1. The van der Waals surface area contributed by atoms with E-state index in [0.717, 1.165) is 56.3 Å². The van der Waals surface area contributed by atoms with Gasteiger partial charge in [-0.05, 0) is 48.9 Å². The van der Waals surface area contributed by atoms with E-state index >= 15 is 0 Å². The highest BCUT2D eigenvalue weighted by atomic mass is 35.5. The van der Waals surface area contributed by atoms with Crippen molar-refractivity contribution in [3.8, 4) is 0 Å². The van der Waals surface area contributed by atoms with Gasteiger partial charge >= 0.3 is 0 Å². The maximum absolute atomic E-state index is 12.9. The Morgan fingerprint density at radius 2 is 1.70 bits per heavy atom. The van der Waals surface area contributed by atoms with Crippen LogP contribution in [0.2, 0.25) is 5.02 Å². The molecule has 2 aromatic carbocycles. The fourth-order valence-electron chi connectivity index (χ4n) is 4.69. The van der Waals surface area contributed by atoms with Crippen LogP contribution in [0.15, 0.2) is 48.5 Å². The largest absolute Gasteiger partial charge is 0.312 e. The molecule has 3 aromatic rings. The summed E-state index contributed by atoms with van der Waals surface area (Å²) in [5.74, 6) is -0.644. The molecule has 2 saturated heterocycles. The minimum atomic E-state index is -0.418. The van der Waals surface area contributed by atoms with Crippen LogP contribution in [0.4, 0.5) is 10.8 Å². The van der Waals surface area contributed by atoms with Gasteiger partial charge in [-0.3, -0.25) is 14.5 Å². The smallest absolute Gasteiger partial charge is 0.231 e. The summed E-state index contributed by atoms with van der Waals surface area (Å²) in [6, 6.07) is 15.9. The molecule has 0 bridgehead atoms. The lowest BCUT2D eigenvalue weighted by Gasteiger charge is -2.32. The molecular weight excluding hydrogens is 508 g/mol. The lowest BCUT2D eigenvalue weighted by molar-refractivity contribution is -0.122. The molecule has 0 radical (unpaired) electrons. The van der Waals surface area contributed by atoms with Gasteiger partial charge in [0.1, 0.15) is 5.01 Å². The van der Waals surface area contributed by atoms with Gasteiger partial charge in [0.05, 0.1) is 5.92 Å². The van der Waals surface area contributed by atoms with E-state index in [0.29, 0.717) is 16.7 Å². The molecule has 37 heavy (non-hydrogen) atoms. The molecule has 8 nitrogen and oxygen atoms in total. The number of aryl methyl sites for hydroxylation is 2. The predicted octanol–water partition coefficient (Wildman–Crippen LogP) is 3.72. The quantitative estimate of drug-likeness (QED) is 0.471. The van der Waals surface area contributed by atoms with Gasteiger partial charge in [0.15, 0.2) is 0 Å². The van der Waals surface area contributed by atoms with E-state index in [-0.39, 0.29) is 18.2 Å². The van der Waals surface area contributed by atoms with Gasteiger partial charge < -0.3 is 15.1 Å². The first-order chi connectivity index (χ1) is 17.9. The van der Waals surface area contributed by atoms with Crippen molar-refractivity contribution in [2.75, 3.05) is 50.0 Å². The molecule has 0 spiro atoms. The molecule has 3 heterocycles.